The maximum absolute atomic E-state index is 5.93. The van der Waals surface area contributed by atoms with Gasteiger partial charge < -0.3 is 0 Å². The molecule has 0 unspecified atom stereocenters. The molecule has 0 aliphatic heterocycles. The Labute approximate surface area is 115 Å². The third kappa shape index (κ3) is 2.44. The van der Waals surface area contributed by atoms with Crippen LogP contribution in [-0.2, 0) is 0 Å². The van der Waals surface area contributed by atoms with Crippen molar-refractivity contribution in [3.05, 3.63) is 60.1 Å². The van der Waals surface area contributed by atoms with Gasteiger partial charge in [-0.25, -0.2) is 9.97 Å². The molecule has 0 saturated heterocycles. The summed E-state index contributed by atoms with van der Waals surface area (Å²) in [6, 6.07) is 11.3. The number of pyridine rings is 2. The van der Waals surface area contributed by atoms with Gasteiger partial charge in [0.2, 0.25) is 0 Å². The van der Waals surface area contributed by atoms with Gasteiger partial charge in [0.1, 0.15) is 16.5 Å². The summed E-state index contributed by atoms with van der Waals surface area (Å²) >= 11 is 5.93. The molecule has 3 rings (SSSR count). The lowest BCUT2D eigenvalue weighted by Gasteiger charge is -2.06. The molecule has 5 heteroatoms. The van der Waals surface area contributed by atoms with E-state index >= 15 is 0 Å². The quantitative estimate of drug-likeness (QED) is 0.716. The minimum Gasteiger partial charge on any atom is -0.255 e. The second-order valence-electron chi connectivity index (χ2n) is 3.82. The van der Waals surface area contributed by atoms with Gasteiger partial charge in [-0.15, -0.1) is 0 Å². The van der Waals surface area contributed by atoms with E-state index in [9.17, 15) is 0 Å². The fourth-order valence-corrected chi connectivity index (χ4v) is 1.87. The van der Waals surface area contributed by atoms with Gasteiger partial charge in [-0.2, -0.15) is 0 Å². The lowest BCUT2D eigenvalue weighted by molar-refractivity contribution is 1.16. The highest BCUT2D eigenvalue weighted by molar-refractivity contribution is 6.29. The highest BCUT2D eigenvalue weighted by Crippen LogP contribution is 2.26. The molecule has 0 amide bonds. The molecular weight excluding hydrogens is 260 g/mol. The molecule has 0 saturated carbocycles. The third-order valence-corrected chi connectivity index (χ3v) is 2.74. The van der Waals surface area contributed by atoms with Crippen molar-refractivity contribution >= 4 is 11.6 Å². The molecule has 0 fully saturated rings. The molecule has 0 spiro atoms. The maximum atomic E-state index is 5.93. The zero-order chi connectivity index (χ0) is 13.1. The number of rotatable bonds is 2. The summed E-state index contributed by atoms with van der Waals surface area (Å²) in [5, 5.41) is 0.334. The van der Waals surface area contributed by atoms with Crippen LogP contribution in [0.3, 0.4) is 0 Å². The Kier molecular flexibility index (Phi) is 3.16. The lowest BCUT2D eigenvalue weighted by Crippen LogP contribution is -1.96. The summed E-state index contributed by atoms with van der Waals surface area (Å²) in [6.07, 6.45) is 4.94. The molecule has 0 radical (unpaired) electrons. The van der Waals surface area contributed by atoms with E-state index in [1.165, 1.54) is 6.20 Å². The number of halogens is 1. The number of nitrogens with zero attached hydrogens (tertiary/aromatic N) is 4. The summed E-state index contributed by atoms with van der Waals surface area (Å²) in [5.74, 6) is 0. The molecule has 3 aromatic rings. The average Bonchev–Trinajstić information content (AvgIpc) is 2.49. The summed E-state index contributed by atoms with van der Waals surface area (Å²) in [6.45, 7) is 0. The van der Waals surface area contributed by atoms with Crippen LogP contribution in [-0.4, -0.2) is 19.9 Å². The smallest absolute Gasteiger partial charge is 0.148 e. The van der Waals surface area contributed by atoms with Gasteiger partial charge in [-0.3, -0.25) is 9.97 Å². The first-order valence-corrected chi connectivity index (χ1v) is 6.08. The predicted octanol–water partition coefficient (Wildman–Crippen LogP) is 3.25. The van der Waals surface area contributed by atoms with E-state index in [2.05, 4.69) is 19.9 Å². The molecule has 4 nitrogen and oxygen atoms in total. The maximum Gasteiger partial charge on any atom is 0.148 e. The molecule has 19 heavy (non-hydrogen) atoms. The van der Waals surface area contributed by atoms with Crippen molar-refractivity contribution in [2.75, 3.05) is 0 Å². The molecule has 0 bridgehead atoms. The largest absolute Gasteiger partial charge is 0.255 e. The van der Waals surface area contributed by atoms with Crippen LogP contribution in [0.25, 0.3) is 22.8 Å². The molecular formula is C14H9ClN4. The third-order valence-electron chi connectivity index (χ3n) is 2.56. The fourth-order valence-electron chi connectivity index (χ4n) is 1.74. The van der Waals surface area contributed by atoms with Crippen molar-refractivity contribution in [2.45, 2.75) is 0 Å². The Morgan fingerprint density at radius 1 is 0.737 bits per heavy atom. The second kappa shape index (κ2) is 5.12. The van der Waals surface area contributed by atoms with Crippen molar-refractivity contribution in [3.8, 4) is 22.8 Å². The van der Waals surface area contributed by atoms with Gasteiger partial charge >= 0.3 is 0 Å². The molecule has 0 atom stereocenters. The fraction of sp³-hybridized carbons (Fsp3) is 0. The van der Waals surface area contributed by atoms with E-state index in [1.54, 1.807) is 12.4 Å². The first-order chi connectivity index (χ1) is 9.34. The van der Waals surface area contributed by atoms with Gasteiger partial charge in [-0.05, 0) is 24.3 Å². The molecule has 0 aliphatic rings. The minimum absolute atomic E-state index is 0.334. The summed E-state index contributed by atoms with van der Waals surface area (Å²) in [7, 11) is 0. The Bertz CT molecular complexity index is 686. The highest BCUT2D eigenvalue weighted by atomic mass is 35.5. The van der Waals surface area contributed by atoms with Crippen LogP contribution in [0, 0.1) is 0 Å². The number of aromatic nitrogens is 4. The number of hydrogen-bond donors (Lipinski definition) is 0. The highest BCUT2D eigenvalue weighted by Gasteiger charge is 2.13. The Morgan fingerprint density at radius 2 is 1.37 bits per heavy atom. The topological polar surface area (TPSA) is 51.6 Å². The van der Waals surface area contributed by atoms with Crippen molar-refractivity contribution < 1.29 is 0 Å². The molecule has 0 aliphatic carbocycles. The van der Waals surface area contributed by atoms with E-state index in [0.717, 1.165) is 11.4 Å². The van der Waals surface area contributed by atoms with Crippen LogP contribution in [0.5, 0.6) is 0 Å². The Balaban J connectivity index is 2.21. The molecule has 0 aromatic carbocycles. The first kappa shape index (κ1) is 11.7. The molecule has 92 valence electrons. The first-order valence-electron chi connectivity index (χ1n) is 5.70. The van der Waals surface area contributed by atoms with E-state index in [1.807, 2.05) is 36.4 Å². The van der Waals surface area contributed by atoms with E-state index in [-0.39, 0.29) is 0 Å². The van der Waals surface area contributed by atoms with Crippen LogP contribution in [0.4, 0.5) is 0 Å². The van der Waals surface area contributed by atoms with Crippen LogP contribution in [0.2, 0.25) is 5.15 Å². The molecule has 0 N–H and O–H groups in total. The van der Waals surface area contributed by atoms with Gasteiger partial charge in [0.15, 0.2) is 0 Å². The summed E-state index contributed by atoms with van der Waals surface area (Å²) in [4.78, 5) is 17.2. The Hall–Kier alpha value is -2.33. The van der Waals surface area contributed by atoms with Crippen LogP contribution < -0.4 is 0 Å². The zero-order valence-corrected chi connectivity index (χ0v) is 10.6. The minimum atomic E-state index is 0.334. The van der Waals surface area contributed by atoms with Gasteiger partial charge in [0.25, 0.3) is 0 Å². The number of hydrogen-bond acceptors (Lipinski definition) is 4. The monoisotopic (exact) mass is 268 g/mol. The van der Waals surface area contributed by atoms with Crippen molar-refractivity contribution in [3.63, 3.8) is 0 Å². The van der Waals surface area contributed by atoms with Crippen LogP contribution >= 0.6 is 11.6 Å². The average molecular weight is 269 g/mol. The lowest BCUT2D eigenvalue weighted by atomic mass is 10.1. The Morgan fingerprint density at radius 3 is 1.95 bits per heavy atom. The predicted molar refractivity (Wildman–Crippen MR) is 73.5 cm³/mol. The van der Waals surface area contributed by atoms with E-state index in [0.29, 0.717) is 16.5 Å². The standard InChI is InChI=1S/C14H9ClN4/c15-12-9-18-13(10-5-1-3-7-16-10)14(19-12)11-6-2-4-8-17-11/h1-9H. The van der Waals surface area contributed by atoms with E-state index in [4.69, 9.17) is 11.6 Å². The van der Waals surface area contributed by atoms with Gasteiger partial charge in [-0.1, -0.05) is 23.7 Å². The summed E-state index contributed by atoms with van der Waals surface area (Å²) < 4.78 is 0. The SMILES string of the molecule is Clc1cnc(-c2ccccn2)c(-c2ccccn2)n1. The van der Waals surface area contributed by atoms with Crippen LogP contribution in [0.15, 0.2) is 55.0 Å². The normalized spacial score (nSPS) is 10.4. The summed E-state index contributed by atoms with van der Waals surface area (Å²) in [5.41, 5.74) is 2.76. The van der Waals surface area contributed by atoms with Crippen LogP contribution in [0.1, 0.15) is 0 Å². The molecule has 3 heterocycles. The second-order valence-corrected chi connectivity index (χ2v) is 4.21. The van der Waals surface area contributed by atoms with Crippen molar-refractivity contribution in [2.24, 2.45) is 0 Å². The van der Waals surface area contributed by atoms with Gasteiger partial charge in [0.05, 0.1) is 17.6 Å². The van der Waals surface area contributed by atoms with Crippen molar-refractivity contribution in [1.29, 1.82) is 0 Å². The van der Waals surface area contributed by atoms with Gasteiger partial charge in [0, 0.05) is 12.4 Å². The molecule has 3 aromatic heterocycles. The van der Waals surface area contributed by atoms with Crippen molar-refractivity contribution in [1.82, 2.24) is 19.9 Å². The zero-order valence-electron chi connectivity index (χ0n) is 9.86. The van der Waals surface area contributed by atoms with E-state index < -0.39 is 0 Å².